The molecule has 5 rings (SSSR count). The first-order valence-corrected chi connectivity index (χ1v) is 13.3. The van der Waals surface area contributed by atoms with Gasteiger partial charge in [-0.2, -0.15) is 5.10 Å². The Hall–Kier alpha value is -3.41. The van der Waals surface area contributed by atoms with Gasteiger partial charge in [-0.25, -0.2) is 0 Å². The Kier molecular flexibility index (Phi) is 6.69. The lowest BCUT2D eigenvalue weighted by Gasteiger charge is -2.44. The summed E-state index contributed by atoms with van der Waals surface area (Å²) in [6.07, 6.45) is 7.35. The van der Waals surface area contributed by atoms with E-state index in [1.807, 2.05) is 49.4 Å². The lowest BCUT2D eigenvalue weighted by Crippen LogP contribution is -2.65. The minimum atomic E-state index is -1.09. The fourth-order valence-electron chi connectivity index (χ4n) is 5.51. The topological polar surface area (TPSA) is 67.2 Å². The van der Waals surface area contributed by atoms with E-state index < -0.39 is 5.54 Å². The molecule has 0 radical (unpaired) electrons. The number of nitrogens with zero attached hydrogens (tertiary/aromatic N) is 3. The van der Waals surface area contributed by atoms with Crippen LogP contribution in [0, 0.1) is 0 Å². The summed E-state index contributed by atoms with van der Waals surface area (Å²) >= 11 is 0. The van der Waals surface area contributed by atoms with Gasteiger partial charge in [0.25, 0.3) is 5.91 Å². The van der Waals surface area contributed by atoms with E-state index in [0.717, 1.165) is 55.5 Å². The first kappa shape index (κ1) is 24.3. The third kappa shape index (κ3) is 4.45. The fraction of sp³-hybridized carbons (Fsp3) is 0.433. The average molecular weight is 485 g/mol. The number of benzene rings is 2. The van der Waals surface area contributed by atoms with E-state index in [2.05, 4.69) is 31.3 Å². The second kappa shape index (κ2) is 9.92. The van der Waals surface area contributed by atoms with Crippen molar-refractivity contribution in [1.82, 2.24) is 15.1 Å². The number of anilines is 1. The molecule has 1 aromatic heterocycles. The lowest BCUT2D eigenvalue weighted by molar-refractivity contribution is -0.127. The molecule has 1 saturated carbocycles. The van der Waals surface area contributed by atoms with Crippen LogP contribution in [0.15, 0.2) is 54.6 Å². The first-order valence-electron chi connectivity index (χ1n) is 13.3. The van der Waals surface area contributed by atoms with Gasteiger partial charge in [0, 0.05) is 17.3 Å². The van der Waals surface area contributed by atoms with E-state index in [0.29, 0.717) is 12.2 Å². The van der Waals surface area contributed by atoms with Crippen LogP contribution < -0.4 is 10.2 Å². The molecule has 2 amide bonds. The predicted octanol–water partition coefficient (Wildman–Crippen LogP) is 5.54. The van der Waals surface area contributed by atoms with Crippen molar-refractivity contribution in [2.24, 2.45) is 0 Å². The summed E-state index contributed by atoms with van der Waals surface area (Å²) in [7, 11) is 0. The molecule has 2 heterocycles. The van der Waals surface area contributed by atoms with Gasteiger partial charge in [-0.15, -0.1) is 0 Å². The van der Waals surface area contributed by atoms with Crippen molar-refractivity contribution >= 4 is 17.5 Å². The van der Waals surface area contributed by atoms with Gasteiger partial charge in [0.2, 0.25) is 5.91 Å². The van der Waals surface area contributed by atoms with Crippen molar-refractivity contribution in [2.75, 3.05) is 4.90 Å². The minimum absolute atomic E-state index is 0.114. The van der Waals surface area contributed by atoms with E-state index in [9.17, 15) is 9.59 Å². The second-order valence-electron chi connectivity index (χ2n) is 10.4. The van der Waals surface area contributed by atoms with Crippen molar-refractivity contribution in [3.05, 3.63) is 71.4 Å². The fourth-order valence-corrected chi connectivity index (χ4v) is 5.51. The summed E-state index contributed by atoms with van der Waals surface area (Å²) in [6, 6.07) is 18.3. The van der Waals surface area contributed by atoms with E-state index >= 15 is 0 Å². The smallest absolute Gasteiger partial charge is 0.277 e. The monoisotopic (exact) mass is 484 g/mol. The van der Waals surface area contributed by atoms with Crippen molar-refractivity contribution in [3.63, 3.8) is 0 Å². The van der Waals surface area contributed by atoms with E-state index in [-0.39, 0.29) is 17.9 Å². The van der Waals surface area contributed by atoms with Crippen LogP contribution in [0.3, 0.4) is 0 Å². The maximum absolute atomic E-state index is 14.0. The standard InChI is InChI=1S/C30H36N4O2/c1-4-21-11-15-23(16-12-21)26-19-27-28(35)34(25-17-13-22(5-2)14-18-25)30(3,20-33(27)32-26)29(36)31-24-9-7-6-8-10-24/h11-19,24H,4-10,20H2,1-3H3,(H,31,36)/t30-/m0/s1. The molecule has 0 saturated heterocycles. The van der Waals surface area contributed by atoms with Gasteiger partial charge in [-0.3, -0.25) is 19.2 Å². The molecule has 1 aliphatic heterocycles. The maximum Gasteiger partial charge on any atom is 0.277 e. The van der Waals surface area contributed by atoms with Gasteiger partial charge < -0.3 is 5.32 Å². The van der Waals surface area contributed by atoms with Crippen LogP contribution in [0.1, 0.15) is 74.5 Å². The normalized spacial score (nSPS) is 20.3. The number of aromatic nitrogens is 2. The number of carbonyl (C=O) groups excluding carboxylic acids is 2. The molecule has 0 spiro atoms. The number of hydrogen-bond donors (Lipinski definition) is 1. The van der Waals surface area contributed by atoms with Crippen molar-refractivity contribution in [2.45, 2.75) is 83.8 Å². The summed E-state index contributed by atoms with van der Waals surface area (Å²) in [4.78, 5) is 29.6. The zero-order valence-electron chi connectivity index (χ0n) is 21.6. The molecule has 1 fully saturated rings. The number of aryl methyl sites for hydroxylation is 2. The Labute approximate surface area is 213 Å². The second-order valence-corrected chi connectivity index (χ2v) is 10.4. The van der Waals surface area contributed by atoms with Crippen molar-refractivity contribution in [3.8, 4) is 11.3 Å². The molecule has 1 N–H and O–H groups in total. The third-order valence-corrected chi connectivity index (χ3v) is 7.84. The van der Waals surface area contributed by atoms with Gasteiger partial charge in [0.1, 0.15) is 11.2 Å². The molecule has 3 aromatic rings. The molecule has 6 nitrogen and oxygen atoms in total. The van der Waals surface area contributed by atoms with Crippen LogP contribution >= 0.6 is 0 Å². The summed E-state index contributed by atoms with van der Waals surface area (Å²) in [5.74, 6) is -0.312. The highest BCUT2D eigenvalue weighted by atomic mass is 16.2. The Morgan fingerprint density at radius 3 is 2.19 bits per heavy atom. The molecule has 2 aliphatic rings. The number of amides is 2. The maximum atomic E-state index is 14.0. The highest BCUT2D eigenvalue weighted by Crippen LogP contribution is 2.35. The summed E-state index contributed by atoms with van der Waals surface area (Å²) in [5, 5.41) is 8.08. The molecule has 1 atom stereocenters. The summed E-state index contributed by atoms with van der Waals surface area (Å²) in [5.41, 5.74) is 4.32. The molecule has 188 valence electrons. The molecule has 0 unspecified atom stereocenters. The summed E-state index contributed by atoms with van der Waals surface area (Å²) < 4.78 is 1.72. The van der Waals surface area contributed by atoms with Gasteiger partial charge in [0.05, 0.1) is 12.2 Å². The Bertz CT molecular complexity index is 1240. The number of carbonyl (C=O) groups is 2. The van der Waals surface area contributed by atoms with Crippen molar-refractivity contribution in [1.29, 1.82) is 0 Å². The van der Waals surface area contributed by atoms with Gasteiger partial charge in [-0.1, -0.05) is 69.5 Å². The average Bonchev–Trinajstić information content (AvgIpc) is 3.33. The van der Waals surface area contributed by atoms with Gasteiger partial charge in [-0.05, 0) is 61.9 Å². The number of nitrogens with one attached hydrogen (secondary N) is 1. The third-order valence-electron chi connectivity index (χ3n) is 7.84. The SMILES string of the molecule is CCc1ccc(-c2cc3n(n2)C[C@@](C)(C(=O)NC2CCCCC2)N(c2ccc(CC)cc2)C3=O)cc1. The highest BCUT2D eigenvalue weighted by molar-refractivity contribution is 6.12. The van der Waals surface area contributed by atoms with Gasteiger partial charge in [0.15, 0.2) is 0 Å². The first-order chi connectivity index (χ1) is 17.4. The largest absolute Gasteiger partial charge is 0.351 e. The Morgan fingerprint density at radius 2 is 1.58 bits per heavy atom. The summed E-state index contributed by atoms with van der Waals surface area (Å²) in [6.45, 7) is 6.41. The number of rotatable bonds is 6. The Balaban J connectivity index is 1.53. The Morgan fingerprint density at radius 1 is 0.972 bits per heavy atom. The molecule has 0 bridgehead atoms. The van der Waals surface area contributed by atoms with Crippen LogP contribution in [0.4, 0.5) is 5.69 Å². The zero-order valence-corrected chi connectivity index (χ0v) is 21.6. The molecular formula is C30H36N4O2. The number of hydrogen-bond acceptors (Lipinski definition) is 3. The van der Waals surface area contributed by atoms with E-state index in [4.69, 9.17) is 5.10 Å². The molecule has 2 aromatic carbocycles. The predicted molar refractivity (Wildman–Crippen MR) is 143 cm³/mol. The quantitative estimate of drug-likeness (QED) is 0.499. The van der Waals surface area contributed by atoms with Crippen molar-refractivity contribution < 1.29 is 9.59 Å². The molecule has 1 aliphatic carbocycles. The minimum Gasteiger partial charge on any atom is -0.351 e. The van der Waals surface area contributed by atoms with Crippen LogP contribution in [-0.4, -0.2) is 33.2 Å². The number of fused-ring (bicyclic) bond motifs is 1. The lowest BCUT2D eigenvalue weighted by atomic mass is 9.91. The molecule has 36 heavy (non-hydrogen) atoms. The van der Waals surface area contributed by atoms with Crippen LogP contribution in [0.2, 0.25) is 0 Å². The molecular weight excluding hydrogens is 448 g/mol. The van der Waals surface area contributed by atoms with Crippen LogP contribution in [-0.2, 0) is 24.2 Å². The van der Waals surface area contributed by atoms with E-state index in [1.165, 1.54) is 17.5 Å². The highest BCUT2D eigenvalue weighted by Gasteiger charge is 2.49. The van der Waals surface area contributed by atoms with E-state index in [1.54, 1.807) is 9.58 Å². The van der Waals surface area contributed by atoms with Crippen LogP contribution in [0.25, 0.3) is 11.3 Å². The molecule has 6 heteroatoms. The van der Waals surface area contributed by atoms with Gasteiger partial charge >= 0.3 is 0 Å². The van der Waals surface area contributed by atoms with Crippen LogP contribution in [0.5, 0.6) is 0 Å². The zero-order chi connectivity index (χ0) is 25.3.